The van der Waals surface area contributed by atoms with Gasteiger partial charge in [0.2, 0.25) is 5.88 Å². The van der Waals surface area contributed by atoms with Gasteiger partial charge in [0, 0.05) is 37.4 Å². The van der Waals surface area contributed by atoms with Crippen LogP contribution >= 0.6 is 0 Å². The number of nitrogens with zero attached hydrogens (tertiary/aromatic N) is 3. The predicted octanol–water partition coefficient (Wildman–Crippen LogP) is 5.02. The first kappa shape index (κ1) is 23.8. The van der Waals surface area contributed by atoms with E-state index in [4.69, 9.17) is 14.0 Å². The Hall–Kier alpha value is -3.32. The van der Waals surface area contributed by atoms with Crippen LogP contribution in [0.15, 0.2) is 59.1 Å². The zero-order valence-corrected chi connectivity index (χ0v) is 20.2. The minimum atomic E-state index is -0.0693. The standard InChI is InChI=1S/C27H33N3O4/c1-4-29(5-2)27-24(25(28-34-27)20-11-7-6-8-12-20)19-30(18-23-15-10-16-33-23)26(31)21-13-9-14-22(17-21)32-3/h6-9,11-14,17,23H,4-5,10,15-16,18-19H2,1-3H3. The van der Waals surface area contributed by atoms with Gasteiger partial charge in [0.15, 0.2) is 0 Å². The number of ether oxygens (including phenoxy) is 2. The molecule has 1 aromatic heterocycles. The second-order valence-corrected chi connectivity index (χ2v) is 8.41. The maximum absolute atomic E-state index is 13.7. The third-order valence-electron chi connectivity index (χ3n) is 6.27. The van der Waals surface area contributed by atoms with Gasteiger partial charge in [-0.3, -0.25) is 4.79 Å². The third-order valence-corrected chi connectivity index (χ3v) is 6.27. The Kier molecular flexibility index (Phi) is 7.85. The quantitative estimate of drug-likeness (QED) is 0.421. The largest absolute Gasteiger partial charge is 0.497 e. The summed E-state index contributed by atoms with van der Waals surface area (Å²) in [5.41, 5.74) is 3.22. The van der Waals surface area contributed by atoms with Gasteiger partial charge in [0.05, 0.1) is 25.3 Å². The van der Waals surface area contributed by atoms with Crippen LogP contribution in [0.3, 0.4) is 0 Å². The lowest BCUT2D eigenvalue weighted by atomic mass is 10.1. The summed E-state index contributed by atoms with van der Waals surface area (Å²) in [6, 6.07) is 17.3. The average molecular weight is 464 g/mol. The van der Waals surface area contributed by atoms with Crippen molar-refractivity contribution in [1.82, 2.24) is 10.1 Å². The van der Waals surface area contributed by atoms with Gasteiger partial charge >= 0.3 is 0 Å². The zero-order chi connectivity index (χ0) is 23.9. The summed E-state index contributed by atoms with van der Waals surface area (Å²) in [4.78, 5) is 17.7. The molecular formula is C27H33N3O4. The molecule has 0 bridgehead atoms. The molecule has 3 aromatic rings. The first-order valence-electron chi connectivity index (χ1n) is 12.0. The second-order valence-electron chi connectivity index (χ2n) is 8.41. The Morgan fingerprint density at radius 1 is 1.12 bits per heavy atom. The van der Waals surface area contributed by atoms with Crippen LogP contribution in [0.4, 0.5) is 5.88 Å². The first-order chi connectivity index (χ1) is 16.6. The number of anilines is 1. The van der Waals surface area contributed by atoms with E-state index in [2.05, 4.69) is 23.9 Å². The number of rotatable bonds is 10. The van der Waals surface area contributed by atoms with Crippen LogP contribution in [0.25, 0.3) is 11.3 Å². The van der Waals surface area contributed by atoms with Crippen molar-refractivity contribution in [2.45, 2.75) is 39.3 Å². The Balaban J connectivity index is 1.73. The normalized spacial score (nSPS) is 15.3. The monoisotopic (exact) mass is 463 g/mol. The average Bonchev–Trinajstić information content (AvgIpc) is 3.55. The van der Waals surface area contributed by atoms with Crippen molar-refractivity contribution in [2.75, 3.05) is 38.3 Å². The van der Waals surface area contributed by atoms with Crippen molar-refractivity contribution in [2.24, 2.45) is 0 Å². The van der Waals surface area contributed by atoms with E-state index in [0.29, 0.717) is 30.3 Å². The minimum absolute atomic E-state index is 0.0199. The molecule has 180 valence electrons. The number of carbonyl (C=O) groups excluding carboxylic acids is 1. The highest BCUT2D eigenvalue weighted by atomic mass is 16.5. The Morgan fingerprint density at radius 2 is 1.91 bits per heavy atom. The molecule has 7 nitrogen and oxygen atoms in total. The second kappa shape index (κ2) is 11.2. The lowest BCUT2D eigenvalue weighted by Gasteiger charge is -2.27. The van der Waals surface area contributed by atoms with Crippen LogP contribution < -0.4 is 9.64 Å². The lowest BCUT2D eigenvalue weighted by Crippen LogP contribution is -2.37. The fourth-order valence-electron chi connectivity index (χ4n) is 4.41. The molecule has 0 spiro atoms. The third kappa shape index (κ3) is 5.25. The molecule has 1 amide bonds. The predicted molar refractivity (Wildman–Crippen MR) is 132 cm³/mol. The molecule has 4 rings (SSSR count). The van der Waals surface area contributed by atoms with Crippen molar-refractivity contribution < 1.29 is 18.8 Å². The molecule has 7 heteroatoms. The number of amides is 1. The van der Waals surface area contributed by atoms with Crippen molar-refractivity contribution in [3.63, 3.8) is 0 Å². The van der Waals surface area contributed by atoms with E-state index in [1.165, 1.54) is 0 Å². The summed E-state index contributed by atoms with van der Waals surface area (Å²) >= 11 is 0. The van der Waals surface area contributed by atoms with Gasteiger partial charge in [0.25, 0.3) is 5.91 Å². The van der Waals surface area contributed by atoms with E-state index in [-0.39, 0.29) is 12.0 Å². The van der Waals surface area contributed by atoms with Gasteiger partial charge in [-0.05, 0) is 44.9 Å². The molecule has 1 unspecified atom stereocenters. The highest BCUT2D eigenvalue weighted by Crippen LogP contribution is 2.33. The molecule has 0 aliphatic carbocycles. The van der Waals surface area contributed by atoms with Gasteiger partial charge in [-0.25, -0.2) is 0 Å². The highest BCUT2D eigenvalue weighted by Gasteiger charge is 2.29. The number of hydrogen-bond acceptors (Lipinski definition) is 6. The fraction of sp³-hybridized carbons (Fsp3) is 0.407. The van der Waals surface area contributed by atoms with Crippen molar-refractivity contribution in [3.05, 3.63) is 65.7 Å². The highest BCUT2D eigenvalue weighted by molar-refractivity contribution is 5.94. The molecular weight excluding hydrogens is 430 g/mol. The molecule has 34 heavy (non-hydrogen) atoms. The van der Waals surface area contributed by atoms with E-state index >= 15 is 0 Å². The minimum Gasteiger partial charge on any atom is -0.497 e. The summed E-state index contributed by atoms with van der Waals surface area (Å²) < 4.78 is 17.1. The SMILES string of the molecule is CCN(CC)c1onc(-c2ccccc2)c1CN(CC1CCCO1)C(=O)c1cccc(OC)c1. The first-order valence-corrected chi connectivity index (χ1v) is 12.0. The number of hydrogen-bond donors (Lipinski definition) is 0. The van der Waals surface area contributed by atoms with Crippen LogP contribution in [-0.4, -0.2) is 55.4 Å². The van der Waals surface area contributed by atoms with E-state index in [9.17, 15) is 4.79 Å². The van der Waals surface area contributed by atoms with Crippen molar-refractivity contribution in [3.8, 4) is 17.0 Å². The Labute approximate surface area is 201 Å². The molecule has 1 fully saturated rings. The molecule has 1 atom stereocenters. The van der Waals surface area contributed by atoms with Gasteiger partial charge < -0.3 is 23.8 Å². The van der Waals surface area contributed by atoms with E-state index in [1.807, 2.05) is 53.4 Å². The molecule has 1 aliphatic rings. The van der Waals surface area contributed by atoms with Gasteiger partial charge in [0.1, 0.15) is 11.4 Å². The number of carbonyl (C=O) groups is 1. The summed E-state index contributed by atoms with van der Waals surface area (Å²) in [6.07, 6.45) is 1.98. The summed E-state index contributed by atoms with van der Waals surface area (Å²) in [7, 11) is 1.60. The van der Waals surface area contributed by atoms with E-state index in [0.717, 1.165) is 49.4 Å². The zero-order valence-electron chi connectivity index (χ0n) is 20.2. The Morgan fingerprint density at radius 3 is 2.59 bits per heavy atom. The van der Waals surface area contributed by atoms with E-state index in [1.54, 1.807) is 13.2 Å². The number of methoxy groups -OCH3 is 1. The van der Waals surface area contributed by atoms with Gasteiger partial charge in [-0.1, -0.05) is 41.6 Å². The van der Waals surface area contributed by atoms with Gasteiger partial charge in [-0.2, -0.15) is 0 Å². The Bertz CT molecular complexity index is 1070. The summed E-state index contributed by atoms with van der Waals surface area (Å²) in [6.45, 7) is 7.35. The molecule has 1 aliphatic heterocycles. The lowest BCUT2D eigenvalue weighted by molar-refractivity contribution is 0.0507. The van der Waals surface area contributed by atoms with Crippen LogP contribution in [0.1, 0.15) is 42.6 Å². The number of benzene rings is 2. The topological polar surface area (TPSA) is 68.0 Å². The maximum atomic E-state index is 13.7. The molecule has 2 aromatic carbocycles. The molecule has 0 saturated carbocycles. The fourth-order valence-corrected chi connectivity index (χ4v) is 4.41. The van der Waals surface area contributed by atoms with E-state index < -0.39 is 0 Å². The molecule has 0 N–H and O–H groups in total. The van der Waals surface area contributed by atoms with Crippen LogP contribution in [0, 0.1) is 0 Å². The summed E-state index contributed by atoms with van der Waals surface area (Å²) in [5, 5.41) is 4.44. The molecule has 0 radical (unpaired) electrons. The number of aromatic nitrogens is 1. The van der Waals surface area contributed by atoms with Crippen LogP contribution in [-0.2, 0) is 11.3 Å². The molecule has 1 saturated heterocycles. The van der Waals surface area contributed by atoms with Crippen LogP contribution in [0.5, 0.6) is 5.75 Å². The summed E-state index contributed by atoms with van der Waals surface area (Å²) in [5.74, 6) is 1.29. The van der Waals surface area contributed by atoms with Crippen LogP contribution in [0.2, 0.25) is 0 Å². The van der Waals surface area contributed by atoms with Gasteiger partial charge in [-0.15, -0.1) is 0 Å². The molecule has 2 heterocycles. The maximum Gasteiger partial charge on any atom is 0.254 e. The smallest absolute Gasteiger partial charge is 0.254 e. The van der Waals surface area contributed by atoms with Crippen molar-refractivity contribution in [1.29, 1.82) is 0 Å². The van der Waals surface area contributed by atoms with Crippen molar-refractivity contribution >= 4 is 11.8 Å².